The summed E-state index contributed by atoms with van der Waals surface area (Å²) in [5.41, 5.74) is 1.79. The van der Waals surface area contributed by atoms with Gasteiger partial charge in [-0.3, -0.25) is 4.68 Å². The number of nitrogens with one attached hydrogen (secondary N) is 1. The summed E-state index contributed by atoms with van der Waals surface area (Å²) in [5, 5.41) is 18.5. The van der Waals surface area contributed by atoms with Crippen LogP contribution in [0.15, 0.2) is 24.4 Å². The standard InChI is InChI=1S/C18H26N4O2/c1-3-10-22(16-6-4-5-7-17(16)23)18(24)20-14-8-9-15-13(11-14)12-19-21(15)2/h8-9,11-12,16-17,23H,3-7,10H2,1-2H3,(H,20,24)/t16-,17-/m1/s1. The minimum atomic E-state index is -0.420. The first-order valence-corrected chi connectivity index (χ1v) is 8.77. The SMILES string of the molecule is CCCN(C(=O)Nc1ccc2c(cnn2C)c1)[C@@H]1CCCC[C@H]1O. The third kappa shape index (κ3) is 3.38. The minimum Gasteiger partial charge on any atom is -0.391 e. The summed E-state index contributed by atoms with van der Waals surface area (Å²) < 4.78 is 1.81. The van der Waals surface area contributed by atoms with Crippen molar-refractivity contribution in [1.82, 2.24) is 14.7 Å². The van der Waals surface area contributed by atoms with E-state index in [9.17, 15) is 9.90 Å². The van der Waals surface area contributed by atoms with Gasteiger partial charge >= 0.3 is 6.03 Å². The molecule has 6 heteroatoms. The Kier molecular flexibility index (Phi) is 5.04. The molecule has 1 fully saturated rings. The van der Waals surface area contributed by atoms with E-state index in [-0.39, 0.29) is 12.1 Å². The lowest BCUT2D eigenvalue weighted by Crippen LogP contribution is -2.50. The third-order valence-corrected chi connectivity index (χ3v) is 4.82. The average Bonchev–Trinajstić information content (AvgIpc) is 2.94. The van der Waals surface area contributed by atoms with Gasteiger partial charge in [0.25, 0.3) is 0 Å². The topological polar surface area (TPSA) is 70.4 Å². The summed E-state index contributed by atoms with van der Waals surface area (Å²) in [6.45, 7) is 2.71. The number of carbonyl (C=O) groups is 1. The number of rotatable bonds is 4. The van der Waals surface area contributed by atoms with Crippen LogP contribution in [-0.2, 0) is 7.05 Å². The molecule has 0 radical (unpaired) electrons. The maximum atomic E-state index is 12.8. The molecule has 130 valence electrons. The summed E-state index contributed by atoms with van der Waals surface area (Å²) in [6.07, 6.45) is 6.00. The Bertz CT molecular complexity index is 712. The number of hydrogen-bond donors (Lipinski definition) is 2. The number of aromatic nitrogens is 2. The van der Waals surface area contributed by atoms with Gasteiger partial charge in [-0.1, -0.05) is 19.8 Å². The van der Waals surface area contributed by atoms with Crippen LogP contribution in [-0.4, -0.2) is 44.5 Å². The molecule has 1 aliphatic rings. The molecule has 0 aliphatic heterocycles. The van der Waals surface area contributed by atoms with Crippen molar-refractivity contribution in [3.8, 4) is 0 Å². The fraction of sp³-hybridized carbons (Fsp3) is 0.556. The van der Waals surface area contributed by atoms with Gasteiger partial charge in [0.15, 0.2) is 0 Å². The lowest BCUT2D eigenvalue weighted by Gasteiger charge is -2.37. The van der Waals surface area contributed by atoms with Crippen molar-refractivity contribution in [2.45, 2.75) is 51.2 Å². The van der Waals surface area contributed by atoms with Crippen LogP contribution >= 0.6 is 0 Å². The van der Waals surface area contributed by atoms with Crippen molar-refractivity contribution in [1.29, 1.82) is 0 Å². The number of urea groups is 1. The second-order valence-electron chi connectivity index (χ2n) is 6.58. The Labute approximate surface area is 142 Å². The molecule has 0 spiro atoms. The van der Waals surface area contributed by atoms with E-state index in [1.165, 1.54) is 0 Å². The van der Waals surface area contributed by atoms with E-state index in [1.54, 1.807) is 11.1 Å². The Morgan fingerprint density at radius 3 is 2.96 bits per heavy atom. The molecule has 2 aromatic rings. The largest absolute Gasteiger partial charge is 0.391 e. The van der Waals surface area contributed by atoms with Crippen molar-refractivity contribution in [2.75, 3.05) is 11.9 Å². The van der Waals surface area contributed by atoms with E-state index in [0.29, 0.717) is 6.54 Å². The Morgan fingerprint density at radius 1 is 1.42 bits per heavy atom. The molecule has 1 aromatic heterocycles. The predicted octanol–water partition coefficient (Wildman–Crippen LogP) is 3.12. The number of amides is 2. The Hall–Kier alpha value is -2.08. The third-order valence-electron chi connectivity index (χ3n) is 4.82. The van der Waals surface area contributed by atoms with Gasteiger partial charge in [0.05, 0.1) is 23.9 Å². The molecule has 2 atom stereocenters. The van der Waals surface area contributed by atoms with Gasteiger partial charge in [-0.15, -0.1) is 0 Å². The van der Waals surface area contributed by atoms with E-state index < -0.39 is 6.10 Å². The highest BCUT2D eigenvalue weighted by atomic mass is 16.3. The highest BCUT2D eigenvalue weighted by Gasteiger charge is 2.31. The van der Waals surface area contributed by atoms with Crippen LogP contribution in [0.4, 0.5) is 10.5 Å². The number of aliphatic hydroxyl groups is 1. The van der Waals surface area contributed by atoms with E-state index in [4.69, 9.17) is 0 Å². The molecule has 0 bridgehead atoms. The van der Waals surface area contributed by atoms with Crippen molar-refractivity contribution < 1.29 is 9.90 Å². The monoisotopic (exact) mass is 330 g/mol. The normalized spacial score (nSPS) is 21.0. The molecular formula is C18H26N4O2. The molecule has 24 heavy (non-hydrogen) atoms. The van der Waals surface area contributed by atoms with Crippen molar-refractivity contribution >= 4 is 22.6 Å². The molecule has 1 aliphatic carbocycles. The zero-order valence-electron chi connectivity index (χ0n) is 14.4. The predicted molar refractivity (Wildman–Crippen MR) is 95.0 cm³/mol. The number of aliphatic hydroxyl groups excluding tert-OH is 1. The number of aryl methyl sites for hydroxylation is 1. The summed E-state index contributed by atoms with van der Waals surface area (Å²) in [4.78, 5) is 14.6. The summed E-state index contributed by atoms with van der Waals surface area (Å²) in [5.74, 6) is 0. The van der Waals surface area contributed by atoms with Crippen molar-refractivity contribution in [2.24, 2.45) is 7.05 Å². The van der Waals surface area contributed by atoms with Crippen molar-refractivity contribution in [3.05, 3.63) is 24.4 Å². The number of anilines is 1. The van der Waals surface area contributed by atoms with Gasteiger partial charge in [-0.2, -0.15) is 5.10 Å². The lowest BCUT2D eigenvalue weighted by atomic mass is 9.91. The quantitative estimate of drug-likeness (QED) is 0.905. The molecule has 2 N–H and O–H groups in total. The van der Waals surface area contributed by atoms with Gasteiger partial charge in [0.1, 0.15) is 0 Å². The van der Waals surface area contributed by atoms with Gasteiger partial charge < -0.3 is 15.3 Å². The van der Waals surface area contributed by atoms with Crippen LogP contribution in [0.3, 0.4) is 0 Å². The Morgan fingerprint density at radius 2 is 2.21 bits per heavy atom. The molecule has 0 unspecified atom stereocenters. The minimum absolute atomic E-state index is 0.0826. The van der Waals surface area contributed by atoms with E-state index in [0.717, 1.165) is 48.7 Å². The highest BCUT2D eigenvalue weighted by molar-refractivity contribution is 5.92. The van der Waals surface area contributed by atoms with Crippen LogP contribution < -0.4 is 5.32 Å². The smallest absolute Gasteiger partial charge is 0.322 e. The maximum Gasteiger partial charge on any atom is 0.322 e. The summed E-state index contributed by atoms with van der Waals surface area (Å²) in [6, 6.07) is 5.56. The molecule has 0 saturated heterocycles. The zero-order chi connectivity index (χ0) is 17.1. The zero-order valence-corrected chi connectivity index (χ0v) is 14.4. The van der Waals surface area contributed by atoms with Crippen molar-refractivity contribution in [3.63, 3.8) is 0 Å². The van der Waals surface area contributed by atoms with Gasteiger partial charge in [-0.25, -0.2) is 4.79 Å². The second-order valence-corrected chi connectivity index (χ2v) is 6.58. The van der Waals surface area contributed by atoms with Gasteiger partial charge in [-0.05, 0) is 37.5 Å². The first-order chi connectivity index (χ1) is 11.6. The fourth-order valence-electron chi connectivity index (χ4n) is 3.55. The number of hydrogen-bond acceptors (Lipinski definition) is 3. The molecule has 6 nitrogen and oxygen atoms in total. The molecule has 3 rings (SSSR count). The molecule has 2 amide bonds. The first-order valence-electron chi connectivity index (χ1n) is 8.77. The second kappa shape index (κ2) is 7.21. The Balaban J connectivity index is 1.76. The van der Waals surface area contributed by atoms with Crippen LogP contribution in [0.25, 0.3) is 10.9 Å². The fourth-order valence-corrected chi connectivity index (χ4v) is 3.55. The number of fused-ring (bicyclic) bond motifs is 1. The molecule has 1 aromatic carbocycles. The highest BCUT2D eigenvalue weighted by Crippen LogP contribution is 2.25. The van der Waals surface area contributed by atoms with E-state index >= 15 is 0 Å². The lowest BCUT2D eigenvalue weighted by molar-refractivity contribution is 0.0397. The summed E-state index contributed by atoms with van der Waals surface area (Å²) >= 11 is 0. The summed E-state index contributed by atoms with van der Waals surface area (Å²) in [7, 11) is 1.90. The molecule has 1 saturated carbocycles. The van der Waals surface area contributed by atoms with Crippen LogP contribution in [0.1, 0.15) is 39.0 Å². The molecule has 1 heterocycles. The first kappa shape index (κ1) is 16.8. The van der Waals surface area contributed by atoms with Crippen LogP contribution in [0, 0.1) is 0 Å². The van der Waals surface area contributed by atoms with Crippen LogP contribution in [0.5, 0.6) is 0 Å². The van der Waals surface area contributed by atoms with E-state index in [1.807, 2.05) is 29.9 Å². The van der Waals surface area contributed by atoms with Crippen LogP contribution in [0.2, 0.25) is 0 Å². The van der Waals surface area contributed by atoms with E-state index in [2.05, 4.69) is 17.3 Å². The number of benzene rings is 1. The average molecular weight is 330 g/mol. The van der Waals surface area contributed by atoms with Gasteiger partial charge in [0, 0.05) is 24.7 Å². The number of nitrogens with zero attached hydrogens (tertiary/aromatic N) is 3. The molecular weight excluding hydrogens is 304 g/mol. The number of carbonyl (C=O) groups excluding carboxylic acids is 1. The maximum absolute atomic E-state index is 12.8. The van der Waals surface area contributed by atoms with Gasteiger partial charge in [0.2, 0.25) is 0 Å².